The molecular formula is C22H23N5O3. The third-order valence-corrected chi connectivity index (χ3v) is 5.10. The van der Waals surface area contributed by atoms with Crippen LogP contribution in [0.3, 0.4) is 0 Å². The maximum absolute atomic E-state index is 12.3. The highest BCUT2D eigenvalue weighted by atomic mass is 16.5. The SMILES string of the molecule is Cc1ccc(-c2nnn(CC(=O)OCC(=O)N[C@@H]3CCCc4ccccc43)n2)cc1. The minimum atomic E-state index is -0.595. The highest BCUT2D eigenvalue weighted by molar-refractivity contribution is 5.80. The Labute approximate surface area is 174 Å². The minimum absolute atomic E-state index is 0.0461. The predicted octanol–water partition coefficient (Wildman–Crippen LogP) is 2.39. The molecule has 1 N–H and O–H groups in total. The van der Waals surface area contributed by atoms with Crippen molar-refractivity contribution in [1.82, 2.24) is 25.5 Å². The number of hydrogen-bond acceptors (Lipinski definition) is 6. The number of hydrogen-bond donors (Lipinski definition) is 1. The molecule has 0 fully saturated rings. The second-order valence-electron chi connectivity index (χ2n) is 7.38. The van der Waals surface area contributed by atoms with Gasteiger partial charge in [0, 0.05) is 5.56 Å². The van der Waals surface area contributed by atoms with Crippen LogP contribution in [-0.2, 0) is 27.3 Å². The van der Waals surface area contributed by atoms with E-state index in [1.54, 1.807) is 0 Å². The Bertz CT molecular complexity index is 1040. The van der Waals surface area contributed by atoms with Gasteiger partial charge in [-0.15, -0.1) is 10.2 Å². The number of aromatic nitrogens is 4. The van der Waals surface area contributed by atoms with Gasteiger partial charge in [0.15, 0.2) is 13.2 Å². The van der Waals surface area contributed by atoms with Crippen LogP contribution in [0.15, 0.2) is 48.5 Å². The lowest BCUT2D eigenvalue weighted by molar-refractivity contribution is -0.149. The van der Waals surface area contributed by atoms with Crippen molar-refractivity contribution in [2.45, 2.75) is 38.8 Å². The maximum atomic E-state index is 12.3. The molecule has 1 aliphatic rings. The summed E-state index contributed by atoms with van der Waals surface area (Å²) in [5.74, 6) is -0.490. The molecule has 0 saturated carbocycles. The van der Waals surface area contributed by atoms with E-state index in [2.05, 4.69) is 26.8 Å². The molecule has 2 aromatic carbocycles. The van der Waals surface area contributed by atoms with Crippen LogP contribution in [0.4, 0.5) is 0 Å². The van der Waals surface area contributed by atoms with Crippen LogP contribution in [-0.4, -0.2) is 38.7 Å². The molecule has 1 aliphatic carbocycles. The van der Waals surface area contributed by atoms with Crippen LogP contribution in [0.1, 0.15) is 35.6 Å². The zero-order chi connectivity index (χ0) is 20.9. The fourth-order valence-electron chi connectivity index (χ4n) is 3.58. The number of ether oxygens (including phenoxy) is 1. The highest BCUT2D eigenvalue weighted by Gasteiger charge is 2.22. The third-order valence-electron chi connectivity index (χ3n) is 5.10. The zero-order valence-corrected chi connectivity index (χ0v) is 16.7. The fourth-order valence-corrected chi connectivity index (χ4v) is 3.58. The number of carbonyl (C=O) groups is 2. The van der Waals surface area contributed by atoms with E-state index in [1.165, 1.54) is 5.56 Å². The standard InChI is InChI=1S/C22H23N5O3/c1-15-9-11-17(12-10-15)22-24-26-27(25-22)13-21(29)30-14-20(28)23-19-8-4-6-16-5-2-3-7-18(16)19/h2-3,5,7,9-12,19H,4,6,8,13-14H2,1H3,(H,23,28)/t19-/m1/s1. The molecule has 1 aromatic heterocycles. The van der Waals surface area contributed by atoms with Crippen molar-refractivity contribution in [2.75, 3.05) is 6.61 Å². The lowest BCUT2D eigenvalue weighted by atomic mass is 9.88. The molecule has 0 aliphatic heterocycles. The fraction of sp³-hybridized carbons (Fsp3) is 0.318. The zero-order valence-electron chi connectivity index (χ0n) is 16.7. The molecule has 8 heteroatoms. The normalized spacial score (nSPS) is 15.3. The molecule has 4 rings (SSSR count). The van der Waals surface area contributed by atoms with Gasteiger partial charge in [0.25, 0.3) is 5.91 Å². The van der Waals surface area contributed by atoms with Crippen LogP contribution in [0.25, 0.3) is 11.4 Å². The van der Waals surface area contributed by atoms with Crippen molar-refractivity contribution >= 4 is 11.9 Å². The molecule has 3 aromatic rings. The second kappa shape index (κ2) is 8.86. The number of aryl methyl sites for hydroxylation is 2. The first-order valence-electron chi connectivity index (χ1n) is 9.96. The number of benzene rings is 2. The lowest BCUT2D eigenvalue weighted by Gasteiger charge is -2.26. The summed E-state index contributed by atoms with van der Waals surface area (Å²) in [6, 6.07) is 15.7. The topological polar surface area (TPSA) is 99.0 Å². The van der Waals surface area contributed by atoms with E-state index < -0.39 is 5.97 Å². The first-order valence-corrected chi connectivity index (χ1v) is 9.96. The summed E-state index contributed by atoms with van der Waals surface area (Å²) in [5.41, 5.74) is 4.34. The van der Waals surface area contributed by atoms with Crippen LogP contribution in [0, 0.1) is 6.92 Å². The molecule has 0 saturated heterocycles. The highest BCUT2D eigenvalue weighted by Crippen LogP contribution is 2.29. The van der Waals surface area contributed by atoms with Crippen molar-refractivity contribution in [2.24, 2.45) is 0 Å². The van der Waals surface area contributed by atoms with Crippen molar-refractivity contribution in [3.05, 3.63) is 65.2 Å². The number of nitrogens with zero attached hydrogens (tertiary/aromatic N) is 4. The minimum Gasteiger partial charge on any atom is -0.454 e. The van der Waals surface area contributed by atoms with Crippen molar-refractivity contribution in [3.8, 4) is 11.4 Å². The Morgan fingerprint density at radius 2 is 1.97 bits per heavy atom. The molecule has 0 unspecified atom stereocenters. The van der Waals surface area contributed by atoms with E-state index in [4.69, 9.17) is 4.74 Å². The smallest absolute Gasteiger partial charge is 0.330 e. The summed E-state index contributed by atoms with van der Waals surface area (Å²) in [5, 5.41) is 15.0. The van der Waals surface area contributed by atoms with Gasteiger partial charge in [-0.05, 0) is 42.5 Å². The van der Waals surface area contributed by atoms with Gasteiger partial charge in [-0.1, -0.05) is 54.1 Å². The molecule has 0 radical (unpaired) electrons. The third kappa shape index (κ3) is 4.71. The molecule has 154 valence electrons. The Hall–Kier alpha value is -3.55. The van der Waals surface area contributed by atoms with E-state index in [0.717, 1.165) is 40.7 Å². The summed E-state index contributed by atoms with van der Waals surface area (Å²) in [4.78, 5) is 25.5. The number of rotatable bonds is 6. The number of fused-ring (bicyclic) bond motifs is 1. The Balaban J connectivity index is 1.27. The van der Waals surface area contributed by atoms with Crippen molar-refractivity contribution < 1.29 is 14.3 Å². The average molecular weight is 405 g/mol. The lowest BCUT2D eigenvalue weighted by Crippen LogP contribution is -2.34. The first kappa shape index (κ1) is 19.8. The number of nitrogens with one attached hydrogen (secondary N) is 1. The molecule has 30 heavy (non-hydrogen) atoms. The van der Waals surface area contributed by atoms with Gasteiger partial charge in [-0.25, -0.2) is 4.79 Å². The molecule has 1 atom stereocenters. The largest absolute Gasteiger partial charge is 0.454 e. The summed E-state index contributed by atoms with van der Waals surface area (Å²) < 4.78 is 5.09. The Morgan fingerprint density at radius 1 is 1.17 bits per heavy atom. The van der Waals surface area contributed by atoms with E-state index in [0.29, 0.717) is 5.82 Å². The van der Waals surface area contributed by atoms with Gasteiger partial charge in [-0.2, -0.15) is 4.80 Å². The Kier molecular flexibility index (Phi) is 5.83. The van der Waals surface area contributed by atoms with Gasteiger partial charge < -0.3 is 10.1 Å². The van der Waals surface area contributed by atoms with E-state index in [-0.39, 0.29) is 25.1 Å². The number of esters is 1. The van der Waals surface area contributed by atoms with Crippen molar-refractivity contribution in [1.29, 1.82) is 0 Å². The van der Waals surface area contributed by atoms with E-state index >= 15 is 0 Å². The summed E-state index contributed by atoms with van der Waals surface area (Å²) in [6.07, 6.45) is 2.91. The van der Waals surface area contributed by atoms with Crippen molar-refractivity contribution in [3.63, 3.8) is 0 Å². The summed E-state index contributed by atoms with van der Waals surface area (Å²) in [6.45, 7) is 1.45. The molecule has 8 nitrogen and oxygen atoms in total. The van der Waals surface area contributed by atoms with Crippen LogP contribution in [0.2, 0.25) is 0 Å². The molecule has 0 spiro atoms. The van der Waals surface area contributed by atoms with Crippen LogP contribution in [0.5, 0.6) is 0 Å². The summed E-state index contributed by atoms with van der Waals surface area (Å²) >= 11 is 0. The van der Waals surface area contributed by atoms with Gasteiger partial charge in [0.05, 0.1) is 6.04 Å². The first-order chi connectivity index (χ1) is 14.6. The predicted molar refractivity (Wildman–Crippen MR) is 109 cm³/mol. The number of amides is 1. The quantitative estimate of drug-likeness (QED) is 0.632. The number of tetrazole rings is 1. The van der Waals surface area contributed by atoms with E-state index in [9.17, 15) is 9.59 Å². The van der Waals surface area contributed by atoms with Crippen LogP contribution < -0.4 is 5.32 Å². The maximum Gasteiger partial charge on any atom is 0.330 e. The monoisotopic (exact) mass is 405 g/mol. The van der Waals surface area contributed by atoms with Gasteiger partial charge >= 0.3 is 5.97 Å². The van der Waals surface area contributed by atoms with E-state index in [1.807, 2.05) is 49.4 Å². The van der Waals surface area contributed by atoms with Crippen LogP contribution >= 0.6 is 0 Å². The molecule has 1 amide bonds. The Morgan fingerprint density at radius 3 is 2.80 bits per heavy atom. The molecular weight excluding hydrogens is 382 g/mol. The van der Waals surface area contributed by atoms with Gasteiger partial charge in [0.1, 0.15) is 0 Å². The second-order valence-corrected chi connectivity index (χ2v) is 7.38. The van der Waals surface area contributed by atoms with Gasteiger partial charge in [0.2, 0.25) is 5.82 Å². The number of carbonyl (C=O) groups excluding carboxylic acids is 2. The average Bonchev–Trinajstić information content (AvgIpc) is 3.21. The molecule has 0 bridgehead atoms. The molecule has 1 heterocycles. The summed E-state index contributed by atoms with van der Waals surface area (Å²) in [7, 11) is 0. The van der Waals surface area contributed by atoms with Gasteiger partial charge in [-0.3, -0.25) is 4.79 Å².